The molecule has 31 heavy (non-hydrogen) atoms. The molecule has 2 amide bonds. The summed E-state index contributed by atoms with van der Waals surface area (Å²) >= 11 is 12.5. The fourth-order valence-corrected chi connectivity index (χ4v) is 3.74. The normalized spacial score (nSPS) is 11.5. The first-order valence-corrected chi connectivity index (χ1v) is 11.4. The van der Waals surface area contributed by atoms with Crippen LogP contribution in [-0.2, 0) is 14.6 Å². The van der Waals surface area contributed by atoms with Crippen molar-refractivity contribution in [2.45, 2.75) is 4.90 Å². The second kappa shape index (κ2) is 9.38. The van der Waals surface area contributed by atoms with Gasteiger partial charge in [0.25, 0.3) is 5.91 Å². The maximum atomic E-state index is 12.5. The van der Waals surface area contributed by atoms with Gasteiger partial charge in [0.2, 0.25) is 5.91 Å². The van der Waals surface area contributed by atoms with E-state index < -0.39 is 21.7 Å². The Morgan fingerprint density at radius 2 is 1.65 bits per heavy atom. The van der Waals surface area contributed by atoms with Crippen molar-refractivity contribution in [1.29, 1.82) is 0 Å². The van der Waals surface area contributed by atoms with Crippen LogP contribution in [0.5, 0.6) is 0 Å². The minimum atomic E-state index is -3.37. The molecular formula is C21H16Cl2N2O5S. The molecule has 2 aromatic carbocycles. The van der Waals surface area contributed by atoms with Crippen LogP contribution < -0.4 is 10.6 Å². The van der Waals surface area contributed by atoms with Crippen molar-refractivity contribution in [1.82, 2.24) is 0 Å². The van der Waals surface area contributed by atoms with E-state index in [0.29, 0.717) is 11.4 Å². The molecule has 7 nitrogen and oxygen atoms in total. The van der Waals surface area contributed by atoms with Gasteiger partial charge in [-0.1, -0.05) is 23.2 Å². The number of halogens is 2. The molecule has 0 unspecified atom stereocenters. The van der Waals surface area contributed by atoms with E-state index in [1.165, 1.54) is 54.8 Å². The van der Waals surface area contributed by atoms with Gasteiger partial charge < -0.3 is 15.1 Å². The van der Waals surface area contributed by atoms with Gasteiger partial charge in [0.1, 0.15) is 5.76 Å². The summed E-state index contributed by atoms with van der Waals surface area (Å²) in [5, 5.41) is 5.42. The average molecular weight is 479 g/mol. The Balaban J connectivity index is 1.71. The van der Waals surface area contributed by atoms with E-state index in [-0.39, 0.29) is 26.2 Å². The molecule has 2 N–H and O–H groups in total. The van der Waals surface area contributed by atoms with Gasteiger partial charge in [0.15, 0.2) is 9.84 Å². The van der Waals surface area contributed by atoms with E-state index in [9.17, 15) is 18.0 Å². The minimum absolute atomic E-state index is 0.0984. The zero-order chi connectivity index (χ0) is 22.6. The van der Waals surface area contributed by atoms with E-state index in [1.807, 2.05) is 0 Å². The van der Waals surface area contributed by atoms with Crippen LogP contribution in [0.25, 0.3) is 6.08 Å². The largest absolute Gasteiger partial charge is 0.465 e. The van der Waals surface area contributed by atoms with E-state index in [1.54, 1.807) is 12.1 Å². The summed E-state index contributed by atoms with van der Waals surface area (Å²) in [5.74, 6) is -0.429. The first-order chi connectivity index (χ1) is 14.6. The van der Waals surface area contributed by atoms with Gasteiger partial charge in [-0.05, 0) is 54.6 Å². The Morgan fingerprint density at radius 3 is 2.19 bits per heavy atom. The highest BCUT2D eigenvalue weighted by molar-refractivity contribution is 7.90. The number of nitrogens with one attached hydrogen (secondary N) is 2. The van der Waals surface area contributed by atoms with Crippen LogP contribution >= 0.6 is 23.2 Å². The molecule has 3 aromatic rings. The van der Waals surface area contributed by atoms with Gasteiger partial charge >= 0.3 is 0 Å². The Bertz CT molecular complexity index is 1230. The second-order valence-electron chi connectivity index (χ2n) is 6.40. The molecular weight excluding hydrogens is 463 g/mol. The van der Waals surface area contributed by atoms with Gasteiger partial charge in [-0.15, -0.1) is 0 Å². The minimum Gasteiger partial charge on any atom is -0.465 e. The molecule has 0 atom stereocenters. The number of benzene rings is 2. The predicted octanol–water partition coefficient (Wildman–Crippen LogP) is 4.89. The molecule has 0 aliphatic heterocycles. The summed E-state index contributed by atoms with van der Waals surface area (Å²) in [5.41, 5.74) is 0.712. The van der Waals surface area contributed by atoms with Crippen molar-refractivity contribution in [2.75, 3.05) is 16.9 Å². The van der Waals surface area contributed by atoms with E-state index >= 15 is 0 Å². The Labute approximate surface area is 188 Å². The highest BCUT2D eigenvalue weighted by atomic mass is 35.5. The zero-order valence-corrected chi connectivity index (χ0v) is 18.4. The number of amides is 2. The maximum absolute atomic E-state index is 12.5. The lowest BCUT2D eigenvalue weighted by atomic mass is 10.2. The second-order valence-corrected chi connectivity index (χ2v) is 9.23. The van der Waals surface area contributed by atoms with Gasteiger partial charge in [-0.3, -0.25) is 9.59 Å². The molecule has 0 spiro atoms. The van der Waals surface area contributed by atoms with Crippen molar-refractivity contribution in [3.8, 4) is 0 Å². The van der Waals surface area contributed by atoms with Crippen molar-refractivity contribution < 1.29 is 22.4 Å². The smallest absolute Gasteiger partial charge is 0.255 e. The lowest BCUT2D eigenvalue weighted by molar-refractivity contribution is -0.111. The van der Waals surface area contributed by atoms with Crippen LogP contribution in [0.15, 0.2) is 70.2 Å². The van der Waals surface area contributed by atoms with Gasteiger partial charge in [-0.2, -0.15) is 0 Å². The first kappa shape index (κ1) is 22.6. The lowest BCUT2D eigenvalue weighted by Gasteiger charge is -2.12. The number of furan rings is 1. The number of hydrogen-bond acceptors (Lipinski definition) is 5. The third kappa shape index (κ3) is 5.97. The molecule has 0 fully saturated rings. The van der Waals surface area contributed by atoms with Crippen LogP contribution in [0, 0.1) is 0 Å². The maximum Gasteiger partial charge on any atom is 0.255 e. The number of carbonyl (C=O) groups excluding carboxylic acids is 2. The quantitative estimate of drug-likeness (QED) is 0.490. The fraction of sp³-hybridized carbons (Fsp3) is 0.0476. The summed E-state index contributed by atoms with van der Waals surface area (Å²) in [6.45, 7) is 0. The van der Waals surface area contributed by atoms with E-state index in [4.69, 9.17) is 27.6 Å². The summed E-state index contributed by atoms with van der Waals surface area (Å²) < 4.78 is 28.2. The number of carbonyl (C=O) groups is 2. The lowest BCUT2D eigenvalue weighted by Crippen LogP contribution is -2.13. The molecule has 10 heteroatoms. The highest BCUT2D eigenvalue weighted by Gasteiger charge is 2.15. The number of hydrogen-bond donors (Lipinski definition) is 2. The van der Waals surface area contributed by atoms with Gasteiger partial charge in [0, 0.05) is 23.6 Å². The van der Waals surface area contributed by atoms with Crippen molar-refractivity contribution in [2.24, 2.45) is 0 Å². The van der Waals surface area contributed by atoms with Crippen molar-refractivity contribution >= 4 is 62.3 Å². The Kier molecular flexibility index (Phi) is 6.84. The molecule has 0 bridgehead atoms. The molecule has 1 aromatic heterocycles. The molecule has 160 valence electrons. The van der Waals surface area contributed by atoms with Crippen molar-refractivity contribution in [3.63, 3.8) is 0 Å². The predicted molar refractivity (Wildman–Crippen MR) is 120 cm³/mol. The van der Waals surface area contributed by atoms with Gasteiger partial charge in [-0.25, -0.2) is 8.42 Å². The summed E-state index contributed by atoms with van der Waals surface area (Å²) in [6, 6.07) is 11.7. The topological polar surface area (TPSA) is 105 Å². The molecule has 3 rings (SSSR count). The molecule has 0 saturated heterocycles. The monoisotopic (exact) mass is 478 g/mol. The van der Waals surface area contributed by atoms with E-state index in [2.05, 4.69) is 10.6 Å². The molecule has 0 radical (unpaired) electrons. The molecule has 0 saturated carbocycles. The third-order valence-electron chi connectivity index (χ3n) is 4.03. The van der Waals surface area contributed by atoms with Crippen LogP contribution in [0.2, 0.25) is 10.0 Å². The zero-order valence-electron chi connectivity index (χ0n) is 16.1. The summed E-state index contributed by atoms with van der Waals surface area (Å²) in [6.07, 6.45) is 5.36. The molecule has 1 heterocycles. The fourth-order valence-electron chi connectivity index (χ4n) is 2.53. The highest BCUT2D eigenvalue weighted by Crippen LogP contribution is 2.34. The van der Waals surface area contributed by atoms with Crippen molar-refractivity contribution in [3.05, 3.63) is 82.2 Å². The number of rotatable bonds is 6. The van der Waals surface area contributed by atoms with Crippen LogP contribution in [0.1, 0.15) is 16.1 Å². The molecule has 0 aliphatic rings. The van der Waals surface area contributed by atoms with Crippen LogP contribution in [0.3, 0.4) is 0 Å². The SMILES string of the molecule is CS(=O)(=O)c1ccc(C(=O)Nc2c(Cl)cc(NC(=O)/C=C/c3ccco3)cc2Cl)cc1. The Morgan fingerprint density at radius 1 is 1.00 bits per heavy atom. The van der Waals surface area contributed by atoms with Crippen LogP contribution in [0.4, 0.5) is 11.4 Å². The number of sulfone groups is 1. The summed E-state index contributed by atoms with van der Waals surface area (Å²) in [4.78, 5) is 24.6. The molecule has 0 aliphatic carbocycles. The number of anilines is 2. The standard InChI is InChI=1S/C21H16Cl2N2O5S/c1-31(28,29)16-7-4-13(5-8-16)21(27)25-20-17(22)11-14(12-18(20)23)24-19(26)9-6-15-3-2-10-30-15/h2-12H,1H3,(H,24,26)(H,25,27)/b9-6+. The van der Waals surface area contributed by atoms with Crippen LogP contribution in [-0.4, -0.2) is 26.5 Å². The first-order valence-electron chi connectivity index (χ1n) is 8.76. The van der Waals surface area contributed by atoms with E-state index in [0.717, 1.165) is 6.26 Å². The Hall–Kier alpha value is -3.07. The summed E-state index contributed by atoms with van der Waals surface area (Å²) in [7, 11) is -3.37. The van der Waals surface area contributed by atoms with Gasteiger partial charge in [0.05, 0.1) is 26.9 Å². The third-order valence-corrected chi connectivity index (χ3v) is 5.76. The average Bonchev–Trinajstić information content (AvgIpc) is 3.22.